The molecule has 0 aliphatic carbocycles. The summed E-state index contributed by atoms with van der Waals surface area (Å²) in [6.45, 7) is 4.30. The van der Waals surface area contributed by atoms with Crippen molar-refractivity contribution in [2.75, 3.05) is 13.1 Å². The Morgan fingerprint density at radius 2 is 2.04 bits per heavy atom. The number of piperidine rings is 1. The lowest BCUT2D eigenvalue weighted by atomic mass is 9.76. The molecule has 2 heterocycles. The summed E-state index contributed by atoms with van der Waals surface area (Å²) in [6, 6.07) is 10.8. The third-order valence-electron chi connectivity index (χ3n) is 5.31. The molecule has 1 aromatic heterocycles. The number of nitrogens with zero attached hydrogens (tertiary/aromatic N) is 2. The number of aromatic nitrogens is 2. The molecule has 1 fully saturated rings. The smallest absolute Gasteiger partial charge is 0.250 e. The predicted molar refractivity (Wildman–Crippen MR) is 99.0 cm³/mol. The molecule has 6 heteroatoms. The molecular formula is C20H21FN4O. The van der Waals surface area contributed by atoms with Crippen LogP contribution in [0.2, 0.25) is 0 Å². The van der Waals surface area contributed by atoms with E-state index in [-0.39, 0.29) is 21.9 Å². The number of rotatable bonds is 3. The number of benzene rings is 2. The van der Waals surface area contributed by atoms with Crippen molar-refractivity contribution in [2.24, 2.45) is 5.73 Å². The van der Waals surface area contributed by atoms with Crippen molar-refractivity contribution in [3.05, 3.63) is 59.5 Å². The zero-order chi connectivity index (χ0) is 18.3. The van der Waals surface area contributed by atoms with Gasteiger partial charge in [-0.3, -0.25) is 4.79 Å². The highest BCUT2D eigenvalue weighted by atomic mass is 19.1. The molecule has 3 aromatic rings. The molecule has 0 saturated carbocycles. The SMILES string of the molecule is CC1(c2ccc(-n3cc4c(F)ccc(C(N)=O)c4n3)cc2)CCCNC1. The number of amides is 1. The lowest BCUT2D eigenvalue weighted by Gasteiger charge is -2.34. The highest BCUT2D eigenvalue weighted by Crippen LogP contribution is 2.31. The van der Waals surface area contributed by atoms with Gasteiger partial charge in [-0.1, -0.05) is 19.1 Å². The first-order valence-corrected chi connectivity index (χ1v) is 8.77. The van der Waals surface area contributed by atoms with Gasteiger partial charge in [0.05, 0.1) is 16.6 Å². The van der Waals surface area contributed by atoms with Crippen LogP contribution < -0.4 is 11.1 Å². The van der Waals surface area contributed by atoms with Gasteiger partial charge in [0, 0.05) is 18.2 Å². The summed E-state index contributed by atoms with van der Waals surface area (Å²) in [4.78, 5) is 11.6. The van der Waals surface area contributed by atoms with Gasteiger partial charge >= 0.3 is 0 Å². The van der Waals surface area contributed by atoms with E-state index in [4.69, 9.17) is 5.73 Å². The van der Waals surface area contributed by atoms with Gasteiger partial charge in [0.25, 0.3) is 5.91 Å². The molecule has 1 atom stereocenters. The van der Waals surface area contributed by atoms with Gasteiger partial charge in [-0.05, 0) is 49.2 Å². The topological polar surface area (TPSA) is 72.9 Å². The number of fused-ring (bicyclic) bond motifs is 1. The second-order valence-corrected chi connectivity index (χ2v) is 7.18. The molecule has 1 unspecified atom stereocenters. The minimum absolute atomic E-state index is 0.122. The largest absolute Gasteiger partial charge is 0.366 e. The van der Waals surface area contributed by atoms with E-state index in [1.165, 1.54) is 17.7 Å². The molecule has 1 aliphatic rings. The number of primary amides is 1. The zero-order valence-electron chi connectivity index (χ0n) is 14.6. The zero-order valence-corrected chi connectivity index (χ0v) is 14.6. The monoisotopic (exact) mass is 352 g/mol. The van der Waals surface area contributed by atoms with Gasteiger partial charge in [-0.2, -0.15) is 5.10 Å². The maximum absolute atomic E-state index is 14.1. The first kappa shape index (κ1) is 16.7. The van der Waals surface area contributed by atoms with Crippen molar-refractivity contribution in [1.82, 2.24) is 15.1 Å². The van der Waals surface area contributed by atoms with E-state index in [0.29, 0.717) is 0 Å². The molecule has 3 N–H and O–H groups in total. The van der Waals surface area contributed by atoms with Gasteiger partial charge in [0.2, 0.25) is 0 Å². The summed E-state index contributed by atoms with van der Waals surface area (Å²) >= 11 is 0. The Morgan fingerprint density at radius 1 is 1.27 bits per heavy atom. The second kappa shape index (κ2) is 6.21. The van der Waals surface area contributed by atoms with Crippen LogP contribution in [-0.2, 0) is 5.41 Å². The summed E-state index contributed by atoms with van der Waals surface area (Å²) in [5.41, 5.74) is 8.09. The number of nitrogens with two attached hydrogens (primary N) is 1. The van der Waals surface area contributed by atoms with E-state index >= 15 is 0 Å². The van der Waals surface area contributed by atoms with E-state index in [1.54, 1.807) is 10.9 Å². The van der Waals surface area contributed by atoms with Crippen LogP contribution in [0, 0.1) is 5.82 Å². The van der Waals surface area contributed by atoms with E-state index in [1.807, 2.05) is 12.1 Å². The van der Waals surface area contributed by atoms with E-state index in [9.17, 15) is 9.18 Å². The van der Waals surface area contributed by atoms with Crippen LogP contribution in [-0.4, -0.2) is 28.8 Å². The van der Waals surface area contributed by atoms with Crippen LogP contribution in [0.4, 0.5) is 4.39 Å². The molecule has 4 rings (SSSR count). The quantitative estimate of drug-likeness (QED) is 0.761. The lowest BCUT2D eigenvalue weighted by molar-refractivity contribution is 0.100. The molecule has 0 bridgehead atoms. The fourth-order valence-corrected chi connectivity index (χ4v) is 3.72. The first-order chi connectivity index (χ1) is 12.5. The molecule has 1 aliphatic heterocycles. The molecule has 26 heavy (non-hydrogen) atoms. The number of hydrogen-bond donors (Lipinski definition) is 2. The third-order valence-corrected chi connectivity index (χ3v) is 5.31. The number of carbonyl (C=O) groups excluding carboxylic acids is 1. The van der Waals surface area contributed by atoms with Gasteiger partial charge in [0.1, 0.15) is 11.3 Å². The number of carbonyl (C=O) groups is 1. The Balaban J connectivity index is 1.73. The summed E-state index contributed by atoms with van der Waals surface area (Å²) in [7, 11) is 0. The normalized spacial score (nSPS) is 20.4. The van der Waals surface area contributed by atoms with Gasteiger partial charge < -0.3 is 11.1 Å². The summed E-state index contributed by atoms with van der Waals surface area (Å²) in [5, 5.41) is 8.13. The summed E-state index contributed by atoms with van der Waals surface area (Å²) in [6.07, 6.45) is 3.91. The highest BCUT2D eigenvalue weighted by molar-refractivity contribution is 6.04. The molecule has 0 radical (unpaired) electrons. The fraction of sp³-hybridized carbons (Fsp3) is 0.300. The Morgan fingerprint density at radius 3 is 2.69 bits per heavy atom. The number of nitrogens with one attached hydrogen (secondary N) is 1. The van der Waals surface area contributed by atoms with Crippen LogP contribution in [0.1, 0.15) is 35.7 Å². The van der Waals surface area contributed by atoms with E-state index in [0.717, 1.165) is 31.6 Å². The van der Waals surface area contributed by atoms with Crippen molar-refractivity contribution >= 4 is 16.8 Å². The van der Waals surface area contributed by atoms with Gasteiger partial charge in [-0.15, -0.1) is 0 Å². The third kappa shape index (κ3) is 2.76. The van der Waals surface area contributed by atoms with E-state index in [2.05, 4.69) is 29.5 Å². The molecule has 0 spiro atoms. The number of hydrogen-bond acceptors (Lipinski definition) is 3. The van der Waals surface area contributed by atoms with Crippen LogP contribution in [0.5, 0.6) is 0 Å². The molecule has 1 saturated heterocycles. The Kier molecular flexibility index (Phi) is 4.00. The fourth-order valence-electron chi connectivity index (χ4n) is 3.72. The Labute approximate surface area is 151 Å². The van der Waals surface area contributed by atoms with Crippen LogP contribution in [0.25, 0.3) is 16.6 Å². The van der Waals surface area contributed by atoms with Crippen LogP contribution >= 0.6 is 0 Å². The Bertz CT molecular complexity index is 971. The van der Waals surface area contributed by atoms with Crippen molar-refractivity contribution in [3.8, 4) is 5.69 Å². The Hall–Kier alpha value is -2.73. The molecular weight excluding hydrogens is 331 g/mol. The standard InChI is InChI=1S/C20H21FN4O/c1-20(9-2-10-23-12-20)13-3-5-14(6-4-13)25-11-16-17(21)8-7-15(19(22)26)18(16)24-25/h3-8,11,23H,2,9-10,12H2,1H3,(H2,22,26). The van der Waals surface area contributed by atoms with Crippen molar-refractivity contribution < 1.29 is 9.18 Å². The maximum atomic E-state index is 14.1. The summed E-state index contributed by atoms with van der Waals surface area (Å²) in [5.74, 6) is -1.04. The average Bonchev–Trinajstić information content (AvgIpc) is 3.09. The van der Waals surface area contributed by atoms with Crippen molar-refractivity contribution in [2.45, 2.75) is 25.2 Å². The minimum atomic E-state index is -0.617. The lowest BCUT2D eigenvalue weighted by Crippen LogP contribution is -2.41. The van der Waals surface area contributed by atoms with Gasteiger partial charge in [0.15, 0.2) is 0 Å². The van der Waals surface area contributed by atoms with Gasteiger partial charge in [-0.25, -0.2) is 9.07 Å². The van der Waals surface area contributed by atoms with Crippen molar-refractivity contribution in [1.29, 1.82) is 0 Å². The molecule has 134 valence electrons. The second-order valence-electron chi connectivity index (χ2n) is 7.18. The highest BCUT2D eigenvalue weighted by Gasteiger charge is 2.28. The predicted octanol–water partition coefficient (Wildman–Crippen LogP) is 2.90. The summed E-state index contributed by atoms with van der Waals surface area (Å²) < 4.78 is 15.7. The molecule has 2 aromatic carbocycles. The van der Waals surface area contributed by atoms with Crippen LogP contribution in [0.3, 0.4) is 0 Å². The molecule has 1 amide bonds. The van der Waals surface area contributed by atoms with E-state index < -0.39 is 11.7 Å². The number of halogens is 1. The average molecular weight is 352 g/mol. The van der Waals surface area contributed by atoms with Crippen LogP contribution in [0.15, 0.2) is 42.6 Å². The first-order valence-electron chi connectivity index (χ1n) is 8.77. The van der Waals surface area contributed by atoms with Crippen molar-refractivity contribution in [3.63, 3.8) is 0 Å². The molecule has 5 nitrogen and oxygen atoms in total. The minimum Gasteiger partial charge on any atom is -0.366 e. The maximum Gasteiger partial charge on any atom is 0.250 e.